The van der Waals surface area contributed by atoms with E-state index in [1.807, 2.05) is 18.7 Å². The number of thioether (sulfide) groups is 1. The fraction of sp³-hybridized carbons (Fsp3) is 0.900. The maximum Gasteiger partial charge on any atom is 0.151 e. The molecule has 0 amide bonds. The SMILES string of the molecule is CCC(C)C(=O)C1(C)CCCS1. The van der Waals surface area contributed by atoms with Crippen LogP contribution in [0.5, 0.6) is 0 Å². The minimum Gasteiger partial charge on any atom is -0.298 e. The van der Waals surface area contributed by atoms with Crippen LogP contribution < -0.4 is 0 Å². The first kappa shape index (κ1) is 10.1. The van der Waals surface area contributed by atoms with Gasteiger partial charge < -0.3 is 0 Å². The van der Waals surface area contributed by atoms with E-state index >= 15 is 0 Å². The molecule has 1 rings (SSSR count). The van der Waals surface area contributed by atoms with Crippen LogP contribution in [0.25, 0.3) is 0 Å². The summed E-state index contributed by atoms with van der Waals surface area (Å²) in [5, 5.41) is 0. The number of rotatable bonds is 3. The first-order chi connectivity index (χ1) is 5.60. The lowest BCUT2D eigenvalue weighted by atomic mass is 9.90. The summed E-state index contributed by atoms with van der Waals surface area (Å²) in [5.74, 6) is 1.88. The lowest BCUT2D eigenvalue weighted by Crippen LogP contribution is -2.33. The minimum atomic E-state index is -0.0462. The van der Waals surface area contributed by atoms with Crippen LogP contribution in [0.15, 0.2) is 0 Å². The number of carbonyl (C=O) groups excluding carboxylic acids is 1. The number of carbonyl (C=O) groups is 1. The fourth-order valence-corrected chi connectivity index (χ4v) is 3.05. The van der Waals surface area contributed by atoms with Gasteiger partial charge in [-0.05, 0) is 31.9 Å². The zero-order valence-electron chi connectivity index (χ0n) is 8.22. The predicted octanol–water partition coefficient (Wildman–Crippen LogP) is 2.89. The highest BCUT2D eigenvalue weighted by Crippen LogP contribution is 2.40. The third-order valence-electron chi connectivity index (χ3n) is 2.80. The van der Waals surface area contributed by atoms with Crippen LogP contribution >= 0.6 is 11.8 Å². The van der Waals surface area contributed by atoms with Crippen LogP contribution in [0, 0.1) is 5.92 Å². The monoisotopic (exact) mass is 186 g/mol. The highest BCUT2D eigenvalue weighted by atomic mass is 32.2. The molecule has 2 heteroatoms. The lowest BCUT2D eigenvalue weighted by molar-refractivity contribution is -0.124. The van der Waals surface area contributed by atoms with Gasteiger partial charge in [-0.15, -0.1) is 11.8 Å². The molecule has 1 fully saturated rings. The van der Waals surface area contributed by atoms with Gasteiger partial charge in [-0.3, -0.25) is 4.79 Å². The van der Waals surface area contributed by atoms with Crippen molar-refractivity contribution in [3.63, 3.8) is 0 Å². The van der Waals surface area contributed by atoms with E-state index in [1.54, 1.807) is 0 Å². The van der Waals surface area contributed by atoms with Crippen molar-refractivity contribution in [3.05, 3.63) is 0 Å². The van der Waals surface area contributed by atoms with Gasteiger partial charge in [0.15, 0.2) is 5.78 Å². The average Bonchev–Trinajstić information content (AvgIpc) is 2.50. The summed E-state index contributed by atoms with van der Waals surface area (Å²) in [6.45, 7) is 6.25. The summed E-state index contributed by atoms with van der Waals surface area (Å²) in [6.07, 6.45) is 3.28. The second kappa shape index (κ2) is 3.82. The Labute approximate surface area is 79.3 Å². The molecular formula is C10H18OS. The molecule has 0 N–H and O–H groups in total. The smallest absolute Gasteiger partial charge is 0.151 e. The Bertz CT molecular complexity index is 171. The summed E-state index contributed by atoms with van der Waals surface area (Å²) in [4.78, 5) is 11.9. The molecule has 2 atom stereocenters. The van der Waals surface area contributed by atoms with Gasteiger partial charge in [0.1, 0.15) is 0 Å². The molecule has 12 heavy (non-hydrogen) atoms. The molecule has 0 aromatic rings. The maximum atomic E-state index is 11.9. The Morgan fingerprint density at radius 1 is 1.67 bits per heavy atom. The first-order valence-electron chi connectivity index (χ1n) is 4.78. The second-order valence-electron chi connectivity index (χ2n) is 3.86. The van der Waals surface area contributed by atoms with Crippen LogP contribution in [-0.4, -0.2) is 16.3 Å². The second-order valence-corrected chi connectivity index (χ2v) is 5.45. The highest BCUT2D eigenvalue weighted by Gasteiger charge is 2.38. The Balaban J connectivity index is 2.61. The van der Waals surface area contributed by atoms with Gasteiger partial charge in [0.05, 0.1) is 4.75 Å². The molecule has 0 aliphatic carbocycles. The number of ketones is 1. The van der Waals surface area contributed by atoms with Gasteiger partial charge >= 0.3 is 0 Å². The molecule has 0 aromatic heterocycles. The molecule has 1 saturated heterocycles. The van der Waals surface area contributed by atoms with E-state index in [0.717, 1.165) is 12.8 Å². The molecule has 0 spiro atoms. The Hall–Kier alpha value is 0.0200. The molecule has 1 aliphatic rings. The van der Waals surface area contributed by atoms with Crippen molar-refractivity contribution in [2.24, 2.45) is 5.92 Å². The molecule has 1 nitrogen and oxygen atoms in total. The van der Waals surface area contributed by atoms with Crippen LogP contribution in [-0.2, 0) is 4.79 Å². The molecule has 1 heterocycles. The van der Waals surface area contributed by atoms with E-state index in [1.165, 1.54) is 12.2 Å². The third kappa shape index (κ3) is 1.85. The van der Waals surface area contributed by atoms with Gasteiger partial charge in [0.2, 0.25) is 0 Å². The fourth-order valence-electron chi connectivity index (χ4n) is 1.68. The Morgan fingerprint density at radius 2 is 2.33 bits per heavy atom. The summed E-state index contributed by atoms with van der Waals surface area (Å²) in [6, 6.07) is 0. The lowest BCUT2D eigenvalue weighted by Gasteiger charge is -2.24. The summed E-state index contributed by atoms with van der Waals surface area (Å²) >= 11 is 1.85. The van der Waals surface area contributed by atoms with E-state index < -0.39 is 0 Å². The zero-order valence-corrected chi connectivity index (χ0v) is 9.04. The summed E-state index contributed by atoms with van der Waals surface area (Å²) in [5.41, 5.74) is 0. The van der Waals surface area contributed by atoms with Gasteiger partial charge in [-0.2, -0.15) is 0 Å². The van der Waals surface area contributed by atoms with Crippen molar-refractivity contribution in [2.45, 2.75) is 44.8 Å². The molecule has 0 saturated carbocycles. The van der Waals surface area contributed by atoms with Gasteiger partial charge in [0, 0.05) is 5.92 Å². The molecular weight excluding hydrogens is 168 g/mol. The van der Waals surface area contributed by atoms with E-state index in [9.17, 15) is 4.79 Å². The molecule has 2 unspecified atom stereocenters. The Morgan fingerprint density at radius 3 is 2.75 bits per heavy atom. The van der Waals surface area contributed by atoms with Crippen molar-refractivity contribution in [1.82, 2.24) is 0 Å². The number of hydrogen-bond acceptors (Lipinski definition) is 2. The summed E-state index contributed by atoms with van der Waals surface area (Å²) < 4.78 is -0.0462. The zero-order chi connectivity index (χ0) is 9.19. The maximum absolute atomic E-state index is 11.9. The van der Waals surface area contributed by atoms with Crippen LogP contribution in [0.1, 0.15) is 40.0 Å². The van der Waals surface area contributed by atoms with E-state index in [0.29, 0.717) is 5.78 Å². The quantitative estimate of drug-likeness (QED) is 0.674. The largest absolute Gasteiger partial charge is 0.298 e. The first-order valence-corrected chi connectivity index (χ1v) is 5.77. The molecule has 70 valence electrons. The van der Waals surface area contributed by atoms with Crippen molar-refractivity contribution in [1.29, 1.82) is 0 Å². The van der Waals surface area contributed by atoms with Crippen molar-refractivity contribution < 1.29 is 4.79 Å². The topological polar surface area (TPSA) is 17.1 Å². The molecule has 0 aromatic carbocycles. The van der Waals surface area contributed by atoms with E-state index in [2.05, 4.69) is 13.8 Å². The molecule has 0 radical (unpaired) electrons. The third-order valence-corrected chi connectivity index (χ3v) is 4.34. The molecule has 1 aliphatic heterocycles. The highest BCUT2D eigenvalue weighted by molar-refractivity contribution is 8.01. The normalized spacial score (nSPS) is 31.9. The van der Waals surface area contributed by atoms with Crippen LogP contribution in [0.4, 0.5) is 0 Å². The van der Waals surface area contributed by atoms with Gasteiger partial charge in [-0.25, -0.2) is 0 Å². The van der Waals surface area contributed by atoms with Crippen LogP contribution in [0.2, 0.25) is 0 Å². The minimum absolute atomic E-state index is 0.0462. The van der Waals surface area contributed by atoms with E-state index in [4.69, 9.17) is 0 Å². The van der Waals surface area contributed by atoms with Gasteiger partial charge in [0.25, 0.3) is 0 Å². The van der Waals surface area contributed by atoms with Crippen molar-refractivity contribution >= 4 is 17.5 Å². The van der Waals surface area contributed by atoms with E-state index in [-0.39, 0.29) is 10.7 Å². The van der Waals surface area contributed by atoms with Crippen LogP contribution in [0.3, 0.4) is 0 Å². The van der Waals surface area contributed by atoms with Crippen molar-refractivity contribution in [3.8, 4) is 0 Å². The summed E-state index contributed by atoms with van der Waals surface area (Å²) in [7, 11) is 0. The molecule has 0 bridgehead atoms. The standard InChI is InChI=1S/C10H18OS/c1-4-8(2)9(11)10(3)6-5-7-12-10/h8H,4-7H2,1-3H3. The predicted molar refractivity (Wildman–Crippen MR) is 54.6 cm³/mol. The number of Topliss-reactive ketones (excluding diaryl/α,β-unsaturated/α-hetero) is 1. The number of hydrogen-bond donors (Lipinski definition) is 0. The van der Waals surface area contributed by atoms with Crippen molar-refractivity contribution in [2.75, 3.05) is 5.75 Å². The van der Waals surface area contributed by atoms with Gasteiger partial charge in [-0.1, -0.05) is 13.8 Å². The average molecular weight is 186 g/mol. The Kier molecular flexibility index (Phi) is 3.22.